The average molecular weight is 387 g/mol. The van der Waals surface area contributed by atoms with Crippen molar-refractivity contribution in [2.75, 3.05) is 23.3 Å². The van der Waals surface area contributed by atoms with Crippen molar-refractivity contribution in [2.24, 2.45) is 0 Å². The van der Waals surface area contributed by atoms with Crippen LogP contribution < -0.4 is 15.8 Å². The smallest absolute Gasteiger partial charge is 0.273 e. The van der Waals surface area contributed by atoms with Gasteiger partial charge < -0.3 is 10.2 Å². The zero-order chi connectivity index (χ0) is 19.0. The van der Waals surface area contributed by atoms with E-state index in [1.807, 2.05) is 0 Å². The first-order valence-corrected chi connectivity index (χ1v) is 9.50. The second kappa shape index (κ2) is 7.07. The highest BCUT2D eigenvalue weighted by molar-refractivity contribution is 7.22. The van der Waals surface area contributed by atoms with Crippen molar-refractivity contribution in [1.29, 1.82) is 0 Å². The number of hydrogen-bond acceptors (Lipinski definition) is 6. The summed E-state index contributed by atoms with van der Waals surface area (Å²) in [6.45, 7) is 3.32. The van der Waals surface area contributed by atoms with Crippen LogP contribution in [0, 0.1) is 12.7 Å². The third-order valence-electron chi connectivity index (χ3n) is 4.50. The molecule has 0 unspecified atom stereocenters. The Morgan fingerprint density at radius 3 is 2.85 bits per heavy atom. The predicted molar refractivity (Wildman–Crippen MR) is 103 cm³/mol. The number of aromatic nitrogens is 3. The van der Waals surface area contributed by atoms with Crippen molar-refractivity contribution in [2.45, 2.75) is 26.3 Å². The van der Waals surface area contributed by atoms with Gasteiger partial charge in [-0.2, -0.15) is 4.98 Å². The standard InChI is InChI=1S/C18H18FN5O2S/c1-11-8-12(4-5-13(11)19)21-14(25)9-24-10-20-16-15(17(24)26)27-18(22-16)23-6-2-3-7-23/h4-5,8,10H,2-3,6-7,9H2,1H3,(H,21,25). The third kappa shape index (κ3) is 3.55. The summed E-state index contributed by atoms with van der Waals surface area (Å²) < 4.78 is 15.0. The Bertz CT molecular complexity index is 1070. The first-order chi connectivity index (χ1) is 13.0. The second-order valence-corrected chi connectivity index (χ2v) is 7.51. The Kier molecular flexibility index (Phi) is 4.61. The number of rotatable bonds is 4. The molecule has 3 heterocycles. The van der Waals surface area contributed by atoms with E-state index >= 15 is 0 Å². The monoisotopic (exact) mass is 387 g/mol. The van der Waals surface area contributed by atoms with E-state index in [0.717, 1.165) is 31.1 Å². The molecule has 0 bridgehead atoms. The zero-order valence-corrected chi connectivity index (χ0v) is 15.6. The molecule has 1 aliphatic heterocycles. The van der Waals surface area contributed by atoms with Crippen LogP contribution in [0.5, 0.6) is 0 Å². The quantitative estimate of drug-likeness (QED) is 0.744. The number of fused-ring (bicyclic) bond motifs is 1. The number of nitrogens with zero attached hydrogens (tertiary/aromatic N) is 4. The fourth-order valence-electron chi connectivity index (χ4n) is 3.07. The first kappa shape index (κ1) is 17.6. The number of aryl methyl sites for hydroxylation is 1. The molecule has 0 atom stereocenters. The minimum Gasteiger partial charge on any atom is -0.348 e. The van der Waals surface area contributed by atoms with Gasteiger partial charge in [-0.3, -0.25) is 14.2 Å². The van der Waals surface area contributed by atoms with Crippen LogP contribution >= 0.6 is 11.3 Å². The number of nitrogens with one attached hydrogen (secondary N) is 1. The van der Waals surface area contributed by atoms with Crippen LogP contribution in [-0.2, 0) is 11.3 Å². The predicted octanol–water partition coefficient (Wildman–Crippen LogP) is 2.54. The van der Waals surface area contributed by atoms with Crippen molar-refractivity contribution in [3.8, 4) is 0 Å². The minimum absolute atomic E-state index is 0.171. The molecule has 0 saturated carbocycles. The molecule has 3 aromatic rings. The molecule has 140 valence electrons. The molecule has 1 aliphatic rings. The number of thiazole rings is 1. The molecule has 0 spiro atoms. The number of amides is 1. The molecule has 27 heavy (non-hydrogen) atoms. The summed E-state index contributed by atoms with van der Waals surface area (Å²) in [6.07, 6.45) is 3.58. The van der Waals surface area contributed by atoms with E-state index in [4.69, 9.17) is 0 Å². The second-order valence-electron chi connectivity index (χ2n) is 6.53. The van der Waals surface area contributed by atoms with Gasteiger partial charge in [-0.15, -0.1) is 0 Å². The van der Waals surface area contributed by atoms with Crippen LogP contribution in [0.15, 0.2) is 29.3 Å². The van der Waals surface area contributed by atoms with Crippen LogP contribution in [0.1, 0.15) is 18.4 Å². The summed E-state index contributed by atoms with van der Waals surface area (Å²) in [6, 6.07) is 4.32. The normalized spacial score (nSPS) is 14.1. The fourth-order valence-corrected chi connectivity index (χ4v) is 4.09. The van der Waals surface area contributed by atoms with Gasteiger partial charge in [-0.25, -0.2) is 9.37 Å². The van der Waals surface area contributed by atoms with Gasteiger partial charge in [0.05, 0.1) is 0 Å². The summed E-state index contributed by atoms with van der Waals surface area (Å²) in [4.78, 5) is 35.8. The number of halogens is 1. The van der Waals surface area contributed by atoms with E-state index in [-0.39, 0.29) is 23.8 Å². The highest BCUT2D eigenvalue weighted by Gasteiger charge is 2.19. The number of anilines is 2. The van der Waals surface area contributed by atoms with Crippen molar-refractivity contribution in [3.63, 3.8) is 0 Å². The van der Waals surface area contributed by atoms with E-state index < -0.39 is 0 Å². The maximum absolute atomic E-state index is 13.3. The first-order valence-electron chi connectivity index (χ1n) is 8.68. The average Bonchev–Trinajstić information content (AvgIpc) is 3.30. The molecular formula is C18H18FN5O2S. The molecule has 7 nitrogen and oxygen atoms in total. The summed E-state index contributed by atoms with van der Waals surface area (Å²) >= 11 is 1.32. The van der Waals surface area contributed by atoms with Crippen LogP contribution in [0.25, 0.3) is 10.3 Å². The van der Waals surface area contributed by atoms with Crippen molar-refractivity contribution in [1.82, 2.24) is 14.5 Å². The molecule has 1 aromatic carbocycles. The Balaban J connectivity index is 1.54. The highest BCUT2D eigenvalue weighted by Crippen LogP contribution is 2.27. The van der Waals surface area contributed by atoms with E-state index in [1.165, 1.54) is 34.4 Å². The topological polar surface area (TPSA) is 80.1 Å². The lowest BCUT2D eigenvalue weighted by Crippen LogP contribution is -2.27. The summed E-state index contributed by atoms with van der Waals surface area (Å²) in [5.74, 6) is -0.716. The Hall–Kier alpha value is -2.81. The van der Waals surface area contributed by atoms with Crippen molar-refractivity contribution >= 4 is 38.4 Å². The molecule has 1 amide bonds. The van der Waals surface area contributed by atoms with Crippen molar-refractivity contribution < 1.29 is 9.18 Å². The number of carbonyl (C=O) groups excluding carboxylic acids is 1. The Morgan fingerprint density at radius 1 is 1.33 bits per heavy atom. The highest BCUT2D eigenvalue weighted by atomic mass is 32.1. The van der Waals surface area contributed by atoms with Gasteiger partial charge in [-0.1, -0.05) is 11.3 Å². The van der Waals surface area contributed by atoms with Crippen LogP contribution in [0.2, 0.25) is 0 Å². The third-order valence-corrected chi connectivity index (χ3v) is 5.60. The molecule has 2 aromatic heterocycles. The van der Waals surface area contributed by atoms with Gasteiger partial charge in [0.1, 0.15) is 23.4 Å². The van der Waals surface area contributed by atoms with E-state index in [9.17, 15) is 14.0 Å². The molecule has 1 N–H and O–H groups in total. The number of hydrogen-bond donors (Lipinski definition) is 1. The zero-order valence-electron chi connectivity index (χ0n) is 14.7. The minimum atomic E-state index is -0.381. The fraction of sp³-hybridized carbons (Fsp3) is 0.333. The molecule has 1 fully saturated rings. The molecular weight excluding hydrogens is 369 g/mol. The van der Waals surface area contributed by atoms with Crippen LogP contribution in [0.3, 0.4) is 0 Å². The maximum Gasteiger partial charge on any atom is 0.273 e. The lowest BCUT2D eigenvalue weighted by atomic mass is 10.2. The molecule has 9 heteroatoms. The van der Waals surface area contributed by atoms with Gasteiger partial charge in [0.15, 0.2) is 10.8 Å². The maximum atomic E-state index is 13.3. The van der Waals surface area contributed by atoms with Gasteiger partial charge in [-0.05, 0) is 43.5 Å². The van der Waals surface area contributed by atoms with Gasteiger partial charge in [0, 0.05) is 18.8 Å². The van der Waals surface area contributed by atoms with Crippen molar-refractivity contribution in [3.05, 3.63) is 46.3 Å². The lowest BCUT2D eigenvalue weighted by molar-refractivity contribution is -0.116. The Morgan fingerprint density at radius 2 is 2.11 bits per heavy atom. The van der Waals surface area contributed by atoms with E-state index in [0.29, 0.717) is 21.6 Å². The van der Waals surface area contributed by atoms with E-state index in [1.54, 1.807) is 13.0 Å². The largest absolute Gasteiger partial charge is 0.348 e. The number of carbonyl (C=O) groups is 1. The molecule has 1 saturated heterocycles. The SMILES string of the molecule is Cc1cc(NC(=O)Cn2cnc3nc(N4CCCC4)sc3c2=O)ccc1F. The Labute approximate surface area is 158 Å². The molecule has 0 radical (unpaired) electrons. The summed E-state index contributed by atoms with van der Waals surface area (Å²) in [7, 11) is 0. The van der Waals surface area contributed by atoms with Crippen LogP contribution in [-0.4, -0.2) is 33.5 Å². The molecule has 0 aliphatic carbocycles. The van der Waals surface area contributed by atoms with Gasteiger partial charge in [0.25, 0.3) is 5.56 Å². The van der Waals surface area contributed by atoms with Gasteiger partial charge >= 0.3 is 0 Å². The summed E-state index contributed by atoms with van der Waals surface area (Å²) in [5.41, 5.74) is 1.05. The van der Waals surface area contributed by atoms with Gasteiger partial charge in [0.2, 0.25) is 5.91 Å². The van der Waals surface area contributed by atoms with Crippen LogP contribution in [0.4, 0.5) is 15.2 Å². The lowest BCUT2D eigenvalue weighted by Gasteiger charge is -2.11. The van der Waals surface area contributed by atoms with E-state index in [2.05, 4.69) is 20.2 Å². The number of benzene rings is 1. The summed E-state index contributed by atoms with van der Waals surface area (Å²) in [5, 5.41) is 3.47. The molecule has 4 rings (SSSR count).